The molecule has 1 heterocycles. The first kappa shape index (κ1) is 9.04. The molecule has 0 saturated carbocycles. The summed E-state index contributed by atoms with van der Waals surface area (Å²) in [5.41, 5.74) is 2.12. The zero-order valence-corrected chi connectivity index (χ0v) is 7.34. The van der Waals surface area contributed by atoms with Crippen LogP contribution in [0.5, 0.6) is 5.88 Å². The van der Waals surface area contributed by atoms with Gasteiger partial charge in [0.05, 0.1) is 7.11 Å². The molecule has 2 nitrogen and oxygen atoms in total. The number of rotatable bonds is 3. The van der Waals surface area contributed by atoms with Crippen molar-refractivity contribution in [3.05, 3.63) is 37.2 Å². The van der Waals surface area contributed by atoms with Crippen molar-refractivity contribution in [3.63, 3.8) is 0 Å². The molecule has 2 heteroatoms. The van der Waals surface area contributed by atoms with Crippen molar-refractivity contribution < 1.29 is 4.74 Å². The zero-order chi connectivity index (χ0) is 8.97. The molecule has 0 spiro atoms. The molecule has 12 heavy (non-hydrogen) atoms. The van der Waals surface area contributed by atoms with Crippen LogP contribution in [0.15, 0.2) is 12.1 Å². The molecule has 0 aliphatic rings. The molecular weight excluding hydrogens is 150 g/mol. The predicted molar refractivity (Wildman–Crippen MR) is 48.9 cm³/mol. The van der Waals surface area contributed by atoms with Gasteiger partial charge in [0.2, 0.25) is 5.88 Å². The van der Waals surface area contributed by atoms with Gasteiger partial charge in [0, 0.05) is 11.8 Å². The summed E-state index contributed by atoms with van der Waals surface area (Å²) in [5.74, 6) is 0.644. The van der Waals surface area contributed by atoms with Crippen molar-refractivity contribution in [2.45, 2.75) is 12.8 Å². The fraction of sp³-hybridized carbons (Fsp3) is 0.300. The molecule has 0 bridgehead atoms. The topological polar surface area (TPSA) is 22.1 Å². The number of hydrogen-bond donors (Lipinski definition) is 0. The van der Waals surface area contributed by atoms with Gasteiger partial charge in [-0.05, 0) is 32.3 Å². The first-order chi connectivity index (χ1) is 5.81. The number of aromatic nitrogens is 1. The van der Waals surface area contributed by atoms with Crippen molar-refractivity contribution in [1.29, 1.82) is 0 Å². The van der Waals surface area contributed by atoms with Gasteiger partial charge in [-0.1, -0.05) is 6.07 Å². The Labute approximate surface area is 73.6 Å². The van der Waals surface area contributed by atoms with Gasteiger partial charge in [0.15, 0.2) is 0 Å². The molecule has 0 amide bonds. The molecule has 0 aliphatic heterocycles. The summed E-state index contributed by atoms with van der Waals surface area (Å²) in [5, 5.41) is 0. The monoisotopic (exact) mass is 163 g/mol. The lowest BCUT2D eigenvalue weighted by atomic mass is 10.1. The summed E-state index contributed by atoms with van der Waals surface area (Å²) in [7, 11) is 1.61. The third-order valence-corrected chi connectivity index (χ3v) is 1.76. The second-order valence-electron chi connectivity index (χ2n) is 2.46. The first-order valence-electron chi connectivity index (χ1n) is 3.93. The Morgan fingerprint density at radius 2 is 2.08 bits per heavy atom. The highest BCUT2D eigenvalue weighted by Gasteiger charge is 2.01. The number of ether oxygens (including phenoxy) is 1. The molecule has 0 fully saturated rings. The van der Waals surface area contributed by atoms with Gasteiger partial charge in [-0.2, -0.15) is 0 Å². The van der Waals surface area contributed by atoms with Crippen LogP contribution in [0.1, 0.15) is 11.3 Å². The van der Waals surface area contributed by atoms with Crippen molar-refractivity contribution in [2.75, 3.05) is 7.11 Å². The maximum Gasteiger partial charge on any atom is 0.213 e. The minimum absolute atomic E-state index is 0.644. The Balaban J connectivity index is 3.02. The highest BCUT2D eigenvalue weighted by molar-refractivity contribution is 5.26. The lowest BCUT2D eigenvalue weighted by Crippen LogP contribution is -1.97. The summed E-state index contributed by atoms with van der Waals surface area (Å²) >= 11 is 0. The third kappa shape index (κ3) is 1.76. The molecule has 1 rings (SSSR count). The molecule has 0 saturated heterocycles. The molecule has 2 radical (unpaired) electrons. The van der Waals surface area contributed by atoms with Crippen LogP contribution in [0.3, 0.4) is 0 Å². The molecule has 1 aromatic heterocycles. The van der Waals surface area contributed by atoms with E-state index in [9.17, 15) is 0 Å². The van der Waals surface area contributed by atoms with E-state index in [0.29, 0.717) is 12.3 Å². The van der Waals surface area contributed by atoms with Crippen LogP contribution in [0.25, 0.3) is 0 Å². The largest absolute Gasteiger partial charge is 0.481 e. The van der Waals surface area contributed by atoms with E-state index in [-0.39, 0.29) is 0 Å². The molecular formula is C10H13NO. The maximum absolute atomic E-state index is 5.00. The van der Waals surface area contributed by atoms with E-state index in [1.165, 1.54) is 0 Å². The summed E-state index contributed by atoms with van der Waals surface area (Å²) in [6.45, 7) is 7.61. The molecule has 0 atom stereocenters. The second-order valence-corrected chi connectivity index (χ2v) is 2.46. The molecule has 0 N–H and O–H groups in total. The standard InChI is InChI=1S/C10H13NO/c1-4-8-6-7-10(12-3)11-9(8)5-2/h6-7H,1-2,4-5H2,3H3. The van der Waals surface area contributed by atoms with Gasteiger partial charge in [-0.3, -0.25) is 0 Å². The van der Waals surface area contributed by atoms with E-state index in [4.69, 9.17) is 4.74 Å². The molecule has 0 aromatic carbocycles. The van der Waals surface area contributed by atoms with E-state index in [2.05, 4.69) is 18.8 Å². The van der Waals surface area contributed by atoms with Crippen LogP contribution in [0.2, 0.25) is 0 Å². The fourth-order valence-corrected chi connectivity index (χ4v) is 1.07. The molecule has 64 valence electrons. The quantitative estimate of drug-likeness (QED) is 0.678. The smallest absolute Gasteiger partial charge is 0.213 e. The minimum atomic E-state index is 0.644. The van der Waals surface area contributed by atoms with E-state index in [1.54, 1.807) is 7.11 Å². The Morgan fingerprint density at radius 1 is 1.33 bits per heavy atom. The van der Waals surface area contributed by atoms with Crippen molar-refractivity contribution in [3.8, 4) is 5.88 Å². The van der Waals surface area contributed by atoms with Gasteiger partial charge in [0.25, 0.3) is 0 Å². The average molecular weight is 163 g/mol. The van der Waals surface area contributed by atoms with Crippen LogP contribution in [0, 0.1) is 13.8 Å². The van der Waals surface area contributed by atoms with Crippen LogP contribution >= 0.6 is 0 Å². The van der Waals surface area contributed by atoms with Crippen LogP contribution in [0.4, 0.5) is 0 Å². The van der Waals surface area contributed by atoms with E-state index in [1.807, 2.05) is 12.1 Å². The molecule has 0 aliphatic carbocycles. The van der Waals surface area contributed by atoms with Crippen molar-refractivity contribution in [1.82, 2.24) is 4.98 Å². The van der Waals surface area contributed by atoms with Crippen molar-refractivity contribution in [2.24, 2.45) is 0 Å². The summed E-state index contributed by atoms with van der Waals surface area (Å²) < 4.78 is 5.00. The van der Waals surface area contributed by atoms with Crippen LogP contribution in [-0.4, -0.2) is 12.1 Å². The highest BCUT2D eigenvalue weighted by Crippen LogP contribution is 2.13. The Hall–Kier alpha value is -1.05. The number of nitrogens with zero attached hydrogens (tertiary/aromatic N) is 1. The predicted octanol–water partition coefficient (Wildman–Crippen LogP) is 1.84. The normalized spacial score (nSPS) is 9.92. The Bertz CT molecular complexity index is 258. The summed E-state index contributed by atoms with van der Waals surface area (Å²) in [6.07, 6.45) is 1.43. The summed E-state index contributed by atoms with van der Waals surface area (Å²) in [6, 6.07) is 3.83. The third-order valence-electron chi connectivity index (χ3n) is 1.76. The van der Waals surface area contributed by atoms with Gasteiger partial charge in [-0.25, -0.2) is 4.98 Å². The number of methoxy groups -OCH3 is 1. The van der Waals surface area contributed by atoms with Gasteiger partial charge < -0.3 is 4.74 Å². The molecule has 0 unspecified atom stereocenters. The summed E-state index contributed by atoms with van der Waals surface area (Å²) in [4.78, 5) is 4.26. The lowest BCUT2D eigenvalue weighted by Gasteiger charge is -2.05. The molecule has 1 aromatic rings. The van der Waals surface area contributed by atoms with E-state index >= 15 is 0 Å². The van der Waals surface area contributed by atoms with E-state index in [0.717, 1.165) is 17.7 Å². The maximum atomic E-state index is 5.00. The van der Waals surface area contributed by atoms with Crippen LogP contribution < -0.4 is 4.74 Å². The van der Waals surface area contributed by atoms with Gasteiger partial charge in [-0.15, -0.1) is 0 Å². The Morgan fingerprint density at radius 3 is 2.58 bits per heavy atom. The van der Waals surface area contributed by atoms with Gasteiger partial charge in [0.1, 0.15) is 0 Å². The van der Waals surface area contributed by atoms with Crippen LogP contribution in [-0.2, 0) is 12.8 Å². The van der Waals surface area contributed by atoms with Crippen molar-refractivity contribution >= 4 is 0 Å². The van der Waals surface area contributed by atoms with Gasteiger partial charge >= 0.3 is 0 Å². The minimum Gasteiger partial charge on any atom is -0.481 e. The fourth-order valence-electron chi connectivity index (χ4n) is 1.07. The average Bonchev–Trinajstić information content (AvgIpc) is 2.16. The number of pyridine rings is 1. The lowest BCUT2D eigenvalue weighted by molar-refractivity contribution is 0.396. The second kappa shape index (κ2) is 4.10. The first-order valence-corrected chi connectivity index (χ1v) is 3.93. The number of hydrogen-bond acceptors (Lipinski definition) is 2. The zero-order valence-electron chi connectivity index (χ0n) is 7.34. The highest BCUT2D eigenvalue weighted by atomic mass is 16.5. The SMILES string of the molecule is [CH2]Cc1ccc(OC)nc1C[CH2]. The van der Waals surface area contributed by atoms with E-state index < -0.39 is 0 Å². The Kier molecular flexibility index (Phi) is 3.09.